The number of nitrogens with zero attached hydrogens (tertiary/aromatic N) is 3. The van der Waals surface area contributed by atoms with Gasteiger partial charge in [-0.2, -0.15) is 13.9 Å². The number of hydrogen-bond donors (Lipinski definition) is 1. The fourth-order valence-corrected chi connectivity index (χ4v) is 5.71. The van der Waals surface area contributed by atoms with E-state index in [4.69, 9.17) is 0 Å². The number of amidine groups is 1. The Morgan fingerprint density at radius 2 is 1.86 bits per heavy atom. The van der Waals surface area contributed by atoms with Gasteiger partial charge in [-0.05, 0) is 54.8 Å². The summed E-state index contributed by atoms with van der Waals surface area (Å²) < 4.78 is 27.3. The van der Waals surface area contributed by atoms with Gasteiger partial charge in [-0.1, -0.05) is 59.9 Å². The SMILES string of the molecule is CCn1c2ccccc2c2cc(/C=N/N=C3/NC(=O)C(Cc4ccc(SC(F)F)cc4)S3)ccc21. The molecule has 0 spiro atoms. The lowest BCUT2D eigenvalue weighted by Gasteiger charge is -2.06. The number of halogens is 2. The number of alkyl halides is 2. The highest BCUT2D eigenvalue weighted by Gasteiger charge is 2.30. The number of carbonyl (C=O) groups is 1. The first-order valence-electron chi connectivity index (χ1n) is 11.1. The highest BCUT2D eigenvalue weighted by Crippen LogP contribution is 2.30. The Hall–Kier alpha value is -3.17. The molecule has 0 radical (unpaired) electrons. The number of fused-ring (bicyclic) bond motifs is 3. The van der Waals surface area contributed by atoms with Gasteiger partial charge in [-0.25, -0.2) is 0 Å². The van der Waals surface area contributed by atoms with Gasteiger partial charge in [0.25, 0.3) is 5.76 Å². The Bertz CT molecular complexity index is 1450. The number of aryl methyl sites for hydroxylation is 1. The van der Waals surface area contributed by atoms with Gasteiger partial charge < -0.3 is 9.88 Å². The van der Waals surface area contributed by atoms with Crippen molar-refractivity contribution in [3.05, 3.63) is 77.9 Å². The quantitative estimate of drug-likeness (QED) is 0.181. The predicted octanol–water partition coefficient (Wildman–Crippen LogP) is 6.29. The van der Waals surface area contributed by atoms with Crippen LogP contribution in [-0.4, -0.2) is 32.9 Å². The van der Waals surface area contributed by atoms with Crippen LogP contribution in [0.2, 0.25) is 0 Å². The molecule has 178 valence electrons. The third kappa shape index (κ3) is 5.11. The Morgan fingerprint density at radius 1 is 1.09 bits per heavy atom. The number of thioether (sulfide) groups is 2. The van der Waals surface area contributed by atoms with E-state index in [0.717, 1.165) is 17.7 Å². The smallest absolute Gasteiger partial charge is 0.288 e. The zero-order valence-corrected chi connectivity index (χ0v) is 20.5. The molecule has 1 aliphatic rings. The van der Waals surface area contributed by atoms with Crippen LogP contribution in [0.15, 0.2) is 81.8 Å². The molecule has 1 fully saturated rings. The van der Waals surface area contributed by atoms with E-state index in [1.165, 1.54) is 33.6 Å². The van der Waals surface area contributed by atoms with Crippen LogP contribution >= 0.6 is 23.5 Å². The lowest BCUT2D eigenvalue weighted by molar-refractivity contribution is -0.118. The van der Waals surface area contributed by atoms with Crippen molar-refractivity contribution >= 4 is 62.6 Å². The van der Waals surface area contributed by atoms with Crippen LogP contribution in [0.4, 0.5) is 8.78 Å². The molecule has 1 saturated heterocycles. The summed E-state index contributed by atoms with van der Waals surface area (Å²) in [5.74, 6) is -2.58. The summed E-state index contributed by atoms with van der Waals surface area (Å²) in [6.07, 6.45) is 2.17. The van der Waals surface area contributed by atoms with Crippen molar-refractivity contribution in [2.24, 2.45) is 10.2 Å². The molecule has 1 atom stereocenters. The number of hydrogen-bond acceptors (Lipinski definition) is 5. The molecule has 5 rings (SSSR count). The van der Waals surface area contributed by atoms with Gasteiger partial charge in [0.05, 0.1) is 11.5 Å². The van der Waals surface area contributed by atoms with Crippen LogP contribution in [0.1, 0.15) is 18.1 Å². The zero-order chi connectivity index (χ0) is 24.4. The topological polar surface area (TPSA) is 58.8 Å². The molecule has 0 bridgehead atoms. The second kappa shape index (κ2) is 10.2. The van der Waals surface area contributed by atoms with E-state index in [0.29, 0.717) is 28.2 Å². The van der Waals surface area contributed by atoms with Crippen molar-refractivity contribution in [3.8, 4) is 0 Å². The average molecular weight is 509 g/mol. The summed E-state index contributed by atoms with van der Waals surface area (Å²) >= 11 is 1.83. The summed E-state index contributed by atoms with van der Waals surface area (Å²) in [4.78, 5) is 12.9. The number of aromatic nitrogens is 1. The van der Waals surface area contributed by atoms with Gasteiger partial charge in [0.2, 0.25) is 5.91 Å². The van der Waals surface area contributed by atoms with Crippen molar-refractivity contribution in [1.82, 2.24) is 9.88 Å². The van der Waals surface area contributed by atoms with Crippen LogP contribution in [0.3, 0.4) is 0 Å². The number of carbonyl (C=O) groups excluding carboxylic acids is 1. The summed E-state index contributed by atoms with van der Waals surface area (Å²) in [5, 5.41) is 13.6. The highest BCUT2D eigenvalue weighted by molar-refractivity contribution is 8.15. The first-order valence-corrected chi connectivity index (χ1v) is 12.9. The monoisotopic (exact) mass is 508 g/mol. The molecule has 1 unspecified atom stereocenters. The van der Waals surface area contributed by atoms with Crippen LogP contribution in [0, 0.1) is 0 Å². The molecular weight excluding hydrogens is 486 g/mol. The number of nitrogens with one attached hydrogen (secondary N) is 1. The fraction of sp³-hybridized carbons (Fsp3) is 0.192. The molecular formula is C26H22F2N4OS2. The average Bonchev–Trinajstić information content (AvgIpc) is 3.36. The third-order valence-electron chi connectivity index (χ3n) is 5.81. The molecule has 4 aromatic rings. The van der Waals surface area contributed by atoms with Gasteiger partial charge in [0.15, 0.2) is 5.17 Å². The lowest BCUT2D eigenvalue weighted by Crippen LogP contribution is -2.25. The molecule has 9 heteroatoms. The molecule has 1 N–H and O–H groups in total. The normalized spacial score (nSPS) is 17.4. The first kappa shape index (κ1) is 23.6. The maximum atomic E-state index is 12.5. The second-order valence-corrected chi connectivity index (χ2v) is 10.3. The summed E-state index contributed by atoms with van der Waals surface area (Å²) in [6, 6.07) is 21.4. The number of rotatable bonds is 7. The van der Waals surface area contributed by atoms with E-state index < -0.39 is 5.76 Å². The zero-order valence-electron chi connectivity index (χ0n) is 18.8. The minimum Gasteiger partial charge on any atom is -0.341 e. The van der Waals surface area contributed by atoms with Gasteiger partial charge in [-0.3, -0.25) is 4.79 Å². The summed E-state index contributed by atoms with van der Waals surface area (Å²) in [5.41, 5.74) is 4.21. The number of benzene rings is 3. The molecule has 3 aromatic carbocycles. The Labute approximate surface area is 209 Å². The lowest BCUT2D eigenvalue weighted by atomic mass is 10.1. The van der Waals surface area contributed by atoms with E-state index in [1.54, 1.807) is 30.5 Å². The van der Waals surface area contributed by atoms with Crippen LogP contribution in [0.5, 0.6) is 0 Å². The number of para-hydroxylation sites is 1. The van der Waals surface area contributed by atoms with Crippen molar-refractivity contribution in [1.29, 1.82) is 0 Å². The van der Waals surface area contributed by atoms with Gasteiger partial charge in [-0.15, -0.1) is 5.10 Å². The molecule has 35 heavy (non-hydrogen) atoms. The molecule has 1 aromatic heterocycles. The van der Waals surface area contributed by atoms with E-state index in [1.807, 2.05) is 18.2 Å². The standard InChI is InChI=1S/C26H22F2N4OS2/c1-2-32-21-6-4-3-5-19(21)20-13-17(9-12-22(20)32)15-29-31-26-30-24(33)23(35-26)14-16-7-10-18(11-8-16)34-25(27)28/h3-13,15,23,25H,2,14H2,1H3,(H,30,31,33)/b29-15+. The highest BCUT2D eigenvalue weighted by atomic mass is 32.2. The summed E-state index contributed by atoms with van der Waals surface area (Å²) in [6.45, 7) is 3.03. The minimum atomic E-state index is -2.45. The van der Waals surface area contributed by atoms with Crippen molar-refractivity contribution in [2.75, 3.05) is 0 Å². The Balaban J connectivity index is 1.28. The Morgan fingerprint density at radius 3 is 2.63 bits per heavy atom. The Kier molecular flexibility index (Phi) is 6.88. The van der Waals surface area contributed by atoms with Gasteiger partial charge in [0, 0.05) is 33.2 Å². The van der Waals surface area contributed by atoms with Crippen molar-refractivity contribution in [3.63, 3.8) is 0 Å². The maximum Gasteiger partial charge on any atom is 0.288 e. The van der Waals surface area contributed by atoms with E-state index in [2.05, 4.69) is 51.3 Å². The van der Waals surface area contributed by atoms with Crippen LogP contribution in [0.25, 0.3) is 21.8 Å². The largest absolute Gasteiger partial charge is 0.341 e. The molecule has 2 heterocycles. The van der Waals surface area contributed by atoms with Gasteiger partial charge in [0.1, 0.15) is 0 Å². The molecule has 1 amide bonds. The van der Waals surface area contributed by atoms with E-state index in [-0.39, 0.29) is 11.2 Å². The van der Waals surface area contributed by atoms with E-state index in [9.17, 15) is 13.6 Å². The van der Waals surface area contributed by atoms with Crippen LogP contribution in [-0.2, 0) is 17.8 Å². The van der Waals surface area contributed by atoms with Crippen molar-refractivity contribution in [2.45, 2.75) is 35.8 Å². The predicted molar refractivity (Wildman–Crippen MR) is 142 cm³/mol. The number of amides is 1. The van der Waals surface area contributed by atoms with Gasteiger partial charge >= 0.3 is 0 Å². The first-order chi connectivity index (χ1) is 17.0. The van der Waals surface area contributed by atoms with Crippen molar-refractivity contribution < 1.29 is 13.6 Å². The second-order valence-electron chi connectivity index (χ2n) is 8.01. The fourth-order valence-electron chi connectivity index (χ4n) is 4.25. The minimum absolute atomic E-state index is 0.135. The van der Waals surface area contributed by atoms with Crippen LogP contribution < -0.4 is 5.32 Å². The van der Waals surface area contributed by atoms with E-state index >= 15 is 0 Å². The summed E-state index contributed by atoms with van der Waals surface area (Å²) in [7, 11) is 0. The molecule has 5 nitrogen and oxygen atoms in total. The molecule has 0 saturated carbocycles. The molecule has 1 aliphatic heterocycles. The third-order valence-corrected chi connectivity index (χ3v) is 7.61. The molecule has 0 aliphatic carbocycles. The maximum absolute atomic E-state index is 12.5.